The van der Waals surface area contributed by atoms with E-state index >= 15 is 0 Å². The van der Waals surface area contributed by atoms with Crippen LogP contribution < -0.4 is 14.8 Å². The number of carbonyl (C=O) groups excluding carboxylic acids is 1. The number of alkyl halides is 3. The van der Waals surface area contributed by atoms with Crippen LogP contribution in [0.3, 0.4) is 0 Å². The standard InChI is InChI=1S/C22H14F3N5O3/c23-22(24,25)19-9-16(14-2-1-7-26-10-14)29-30(19)20-6-4-15(11-27-20)28-21(31)13-3-5-17-18(8-13)33-12-32-17/h1-11H,12H2,(H,28,31). The summed E-state index contributed by atoms with van der Waals surface area (Å²) in [5.74, 6) is 0.511. The van der Waals surface area contributed by atoms with Crippen LogP contribution in [0.4, 0.5) is 18.9 Å². The fourth-order valence-corrected chi connectivity index (χ4v) is 3.24. The topological polar surface area (TPSA) is 91.2 Å². The highest BCUT2D eigenvalue weighted by molar-refractivity contribution is 6.04. The molecule has 166 valence electrons. The Morgan fingerprint density at radius 2 is 1.88 bits per heavy atom. The number of nitrogens with one attached hydrogen (secondary N) is 1. The average molecular weight is 453 g/mol. The molecule has 11 heteroatoms. The van der Waals surface area contributed by atoms with E-state index in [0.717, 1.165) is 6.07 Å². The number of halogens is 3. The molecule has 0 aliphatic carbocycles. The minimum Gasteiger partial charge on any atom is -0.454 e. The van der Waals surface area contributed by atoms with Crippen LogP contribution in [0.1, 0.15) is 16.1 Å². The lowest BCUT2D eigenvalue weighted by molar-refractivity contribution is -0.142. The number of ether oxygens (including phenoxy) is 2. The average Bonchev–Trinajstić information content (AvgIpc) is 3.47. The van der Waals surface area contributed by atoms with Gasteiger partial charge in [-0.2, -0.15) is 18.3 Å². The van der Waals surface area contributed by atoms with Gasteiger partial charge in [0, 0.05) is 23.5 Å². The van der Waals surface area contributed by atoms with E-state index < -0.39 is 17.8 Å². The molecule has 1 aliphatic heterocycles. The number of anilines is 1. The number of hydrogen-bond donors (Lipinski definition) is 1. The number of aromatic nitrogens is 4. The van der Waals surface area contributed by atoms with Crippen LogP contribution in [-0.4, -0.2) is 32.4 Å². The zero-order chi connectivity index (χ0) is 23.0. The van der Waals surface area contributed by atoms with E-state index in [1.807, 2.05) is 0 Å². The molecule has 1 N–H and O–H groups in total. The number of benzene rings is 1. The highest BCUT2D eigenvalue weighted by atomic mass is 19.4. The molecular weight excluding hydrogens is 439 g/mol. The predicted octanol–water partition coefficient (Wildman–Crippen LogP) is 4.33. The van der Waals surface area contributed by atoms with Crippen LogP contribution in [0.25, 0.3) is 17.1 Å². The third kappa shape index (κ3) is 4.07. The van der Waals surface area contributed by atoms with Crippen molar-refractivity contribution in [3.05, 3.63) is 78.4 Å². The molecule has 8 nitrogen and oxygen atoms in total. The molecule has 4 heterocycles. The minimum absolute atomic E-state index is 0.0569. The highest BCUT2D eigenvalue weighted by Crippen LogP contribution is 2.34. The number of pyridine rings is 2. The summed E-state index contributed by atoms with van der Waals surface area (Å²) in [5.41, 5.74) is 0.197. The predicted molar refractivity (Wildman–Crippen MR) is 110 cm³/mol. The molecule has 0 spiro atoms. The first-order valence-corrected chi connectivity index (χ1v) is 9.63. The maximum atomic E-state index is 13.6. The summed E-state index contributed by atoms with van der Waals surface area (Å²) >= 11 is 0. The third-order valence-corrected chi connectivity index (χ3v) is 4.81. The molecule has 0 radical (unpaired) electrons. The van der Waals surface area contributed by atoms with Gasteiger partial charge in [-0.1, -0.05) is 0 Å². The Kier molecular flexibility index (Phi) is 4.93. The van der Waals surface area contributed by atoms with Gasteiger partial charge in [0.25, 0.3) is 5.91 Å². The first-order chi connectivity index (χ1) is 15.9. The summed E-state index contributed by atoms with van der Waals surface area (Å²) in [6.45, 7) is 0.0849. The Balaban J connectivity index is 1.40. The molecule has 0 saturated heterocycles. The lowest BCUT2D eigenvalue weighted by Crippen LogP contribution is -2.15. The zero-order valence-corrected chi connectivity index (χ0v) is 16.7. The van der Waals surface area contributed by atoms with Crippen molar-refractivity contribution in [2.75, 3.05) is 12.1 Å². The minimum atomic E-state index is -4.65. The Bertz CT molecular complexity index is 1320. The van der Waals surface area contributed by atoms with Gasteiger partial charge in [0.05, 0.1) is 17.6 Å². The summed E-state index contributed by atoms with van der Waals surface area (Å²) in [4.78, 5) is 20.5. The lowest BCUT2D eigenvalue weighted by atomic mass is 10.2. The molecule has 1 aliphatic rings. The van der Waals surface area contributed by atoms with Gasteiger partial charge in [0.15, 0.2) is 23.0 Å². The summed E-state index contributed by atoms with van der Waals surface area (Å²) in [5, 5.41) is 6.72. The SMILES string of the molecule is O=C(Nc1ccc(-n2nc(-c3cccnc3)cc2C(F)(F)F)nc1)c1ccc2c(c1)OCO2. The smallest absolute Gasteiger partial charge is 0.433 e. The molecule has 1 aromatic carbocycles. The van der Waals surface area contributed by atoms with Crippen molar-refractivity contribution >= 4 is 11.6 Å². The van der Waals surface area contributed by atoms with Crippen LogP contribution in [0, 0.1) is 0 Å². The maximum Gasteiger partial charge on any atom is 0.433 e. The molecule has 0 fully saturated rings. The number of nitrogens with zero attached hydrogens (tertiary/aromatic N) is 4. The Morgan fingerprint density at radius 3 is 2.61 bits per heavy atom. The van der Waals surface area contributed by atoms with Gasteiger partial charge >= 0.3 is 6.18 Å². The van der Waals surface area contributed by atoms with E-state index in [4.69, 9.17) is 9.47 Å². The summed E-state index contributed by atoms with van der Waals surface area (Å²) < 4.78 is 52.0. The van der Waals surface area contributed by atoms with Crippen molar-refractivity contribution in [3.63, 3.8) is 0 Å². The summed E-state index contributed by atoms with van der Waals surface area (Å²) in [6.07, 6.45) is -0.453. The van der Waals surface area contributed by atoms with Crippen molar-refractivity contribution in [2.45, 2.75) is 6.18 Å². The number of fused-ring (bicyclic) bond motifs is 1. The van der Waals surface area contributed by atoms with Gasteiger partial charge in [0.1, 0.15) is 0 Å². The molecule has 0 unspecified atom stereocenters. The van der Waals surface area contributed by atoms with Crippen molar-refractivity contribution in [3.8, 4) is 28.6 Å². The fraction of sp³-hybridized carbons (Fsp3) is 0.0909. The molecular formula is C22H14F3N5O3. The van der Waals surface area contributed by atoms with Gasteiger partial charge in [-0.15, -0.1) is 0 Å². The Hall–Kier alpha value is -4.41. The fourth-order valence-electron chi connectivity index (χ4n) is 3.24. The Labute approximate surface area is 184 Å². The molecule has 33 heavy (non-hydrogen) atoms. The first kappa shape index (κ1) is 20.5. The van der Waals surface area contributed by atoms with Crippen LogP contribution in [-0.2, 0) is 6.18 Å². The van der Waals surface area contributed by atoms with E-state index in [1.165, 1.54) is 30.7 Å². The number of hydrogen-bond acceptors (Lipinski definition) is 6. The summed E-state index contributed by atoms with van der Waals surface area (Å²) in [7, 11) is 0. The largest absolute Gasteiger partial charge is 0.454 e. The third-order valence-electron chi connectivity index (χ3n) is 4.81. The molecule has 0 bridgehead atoms. The normalized spacial score (nSPS) is 12.6. The van der Waals surface area contributed by atoms with Gasteiger partial charge in [-0.05, 0) is 48.5 Å². The molecule has 5 rings (SSSR count). The highest BCUT2D eigenvalue weighted by Gasteiger charge is 2.36. The van der Waals surface area contributed by atoms with Gasteiger partial charge in [-0.25, -0.2) is 9.67 Å². The van der Waals surface area contributed by atoms with E-state index in [1.54, 1.807) is 30.3 Å². The number of carbonyl (C=O) groups is 1. The van der Waals surface area contributed by atoms with E-state index in [-0.39, 0.29) is 18.3 Å². The first-order valence-electron chi connectivity index (χ1n) is 9.63. The Morgan fingerprint density at radius 1 is 1.03 bits per heavy atom. The van der Waals surface area contributed by atoms with Gasteiger partial charge in [-0.3, -0.25) is 9.78 Å². The van der Waals surface area contributed by atoms with Crippen molar-refractivity contribution in [1.29, 1.82) is 0 Å². The van der Waals surface area contributed by atoms with Crippen LogP contribution in [0.5, 0.6) is 11.5 Å². The monoisotopic (exact) mass is 453 g/mol. The van der Waals surface area contributed by atoms with Crippen molar-refractivity contribution in [2.24, 2.45) is 0 Å². The van der Waals surface area contributed by atoms with Crippen LogP contribution in [0.15, 0.2) is 67.1 Å². The molecule has 3 aromatic heterocycles. The van der Waals surface area contributed by atoms with Crippen LogP contribution >= 0.6 is 0 Å². The molecule has 0 saturated carbocycles. The van der Waals surface area contributed by atoms with E-state index in [9.17, 15) is 18.0 Å². The van der Waals surface area contributed by atoms with Gasteiger partial charge < -0.3 is 14.8 Å². The van der Waals surface area contributed by atoms with Gasteiger partial charge in [0.2, 0.25) is 6.79 Å². The van der Waals surface area contributed by atoms with E-state index in [2.05, 4.69) is 20.4 Å². The molecule has 0 atom stereocenters. The number of rotatable bonds is 4. The second-order valence-corrected chi connectivity index (χ2v) is 6.99. The quantitative estimate of drug-likeness (QED) is 0.495. The maximum absolute atomic E-state index is 13.6. The number of amides is 1. The zero-order valence-electron chi connectivity index (χ0n) is 16.7. The second-order valence-electron chi connectivity index (χ2n) is 6.99. The van der Waals surface area contributed by atoms with E-state index in [0.29, 0.717) is 33.0 Å². The summed E-state index contributed by atoms with van der Waals surface area (Å²) in [6, 6.07) is 11.7. The molecule has 4 aromatic rings. The van der Waals surface area contributed by atoms with Crippen molar-refractivity contribution < 1.29 is 27.4 Å². The second kappa shape index (κ2) is 7.93. The van der Waals surface area contributed by atoms with Crippen LogP contribution in [0.2, 0.25) is 0 Å². The van der Waals surface area contributed by atoms with Crippen molar-refractivity contribution in [1.82, 2.24) is 19.7 Å². The molecule has 1 amide bonds. The lowest BCUT2D eigenvalue weighted by Gasteiger charge is -2.10.